The van der Waals surface area contributed by atoms with Crippen LogP contribution < -0.4 is 5.32 Å². The van der Waals surface area contributed by atoms with E-state index in [0.29, 0.717) is 11.5 Å². The maximum Gasteiger partial charge on any atom is 0.111 e. The lowest BCUT2D eigenvalue weighted by molar-refractivity contribution is 0.505. The van der Waals surface area contributed by atoms with Gasteiger partial charge in [0, 0.05) is 17.7 Å². The molecule has 5 nitrogen and oxygen atoms in total. The first-order chi connectivity index (χ1) is 14.7. The minimum atomic E-state index is 0.186. The van der Waals surface area contributed by atoms with E-state index >= 15 is 0 Å². The number of pyridine rings is 1. The van der Waals surface area contributed by atoms with E-state index in [4.69, 9.17) is 4.98 Å². The Labute approximate surface area is 175 Å². The van der Waals surface area contributed by atoms with Gasteiger partial charge in [0.05, 0.1) is 17.3 Å². The summed E-state index contributed by atoms with van der Waals surface area (Å²) in [6.07, 6.45) is 2.98. The summed E-state index contributed by atoms with van der Waals surface area (Å²) < 4.78 is 0. The lowest BCUT2D eigenvalue weighted by Gasteiger charge is -2.26. The van der Waals surface area contributed by atoms with E-state index in [2.05, 4.69) is 58.8 Å². The quantitative estimate of drug-likeness (QED) is 0.533. The number of nitrogens with zero attached hydrogens (tertiary/aromatic N) is 3. The Bertz CT molecular complexity index is 1210. The molecule has 1 fully saturated rings. The SMILES string of the molecule is Cc1ccc(C(c2nc3c[nH]nc3cc2-c2ccc(C#N)cc2)C2CCNC2)cc1. The molecule has 2 atom stereocenters. The highest BCUT2D eigenvalue weighted by atomic mass is 15.1. The molecule has 30 heavy (non-hydrogen) atoms. The number of nitrogens with one attached hydrogen (secondary N) is 2. The van der Waals surface area contributed by atoms with Crippen molar-refractivity contribution in [3.05, 3.63) is 83.2 Å². The van der Waals surface area contributed by atoms with Crippen LogP contribution in [0.5, 0.6) is 0 Å². The van der Waals surface area contributed by atoms with Crippen LogP contribution in [0.4, 0.5) is 0 Å². The smallest absolute Gasteiger partial charge is 0.111 e. The topological polar surface area (TPSA) is 77.4 Å². The van der Waals surface area contributed by atoms with Gasteiger partial charge in [-0.1, -0.05) is 42.0 Å². The van der Waals surface area contributed by atoms with E-state index in [1.807, 2.05) is 30.5 Å². The molecule has 0 amide bonds. The number of benzene rings is 2. The van der Waals surface area contributed by atoms with Crippen LogP contribution in [0, 0.1) is 24.2 Å². The highest BCUT2D eigenvalue weighted by molar-refractivity contribution is 5.82. The van der Waals surface area contributed by atoms with E-state index in [0.717, 1.165) is 47.4 Å². The van der Waals surface area contributed by atoms with Crippen molar-refractivity contribution in [2.24, 2.45) is 5.92 Å². The number of fused-ring (bicyclic) bond motifs is 1. The summed E-state index contributed by atoms with van der Waals surface area (Å²) in [5, 5.41) is 20.0. The second-order valence-corrected chi connectivity index (χ2v) is 8.04. The van der Waals surface area contributed by atoms with Crippen molar-refractivity contribution in [1.82, 2.24) is 20.5 Å². The van der Waals surface area contributed by atoms with Crippen molar-refractivity contribution >= 4 is 11.0 Å². The molecule has 4 aromatic rings. The van der Waals surface area contributed by atoms with E-state index < -0.39 is 0 Å². The molecule has 2 aromatic carbocycles. The predicted molar refractivity (Wildman–Crippen MR) is 118 cm³/mol. The van der Waals surface area contributed by atoms with Crippen LogP contribution >= 0.6 is 0 Å². The van der Waals surface area contributed by atoms with Gasteiger partial charge in [0.15, 0.2) is 0 Å². The highest BCUT2D eigenvalue weighted by Crippen LogP contribution is 2.40. The molecule has 2 unspecified atom stereocenters. The van der Waals surface area contributed by atoms with Crippen molar-refractivity contribution in [3.8, 4) is 17.2 Å². The van der Waals surface area contributed by atoms with Crippen LogP contribution in [0.3, 0.4) is 0 Å². The summed E-state index contributed by atoms with van der Waals surface area (Å²) in [6, 6.07) is 20.9. The maximum atomic E-state index is 9.19. The number of hydrogen-bond donors (Lipinski definition) is 2. The second-order valence-electron chi connectivity index (χ2n) is 8.04. The van der Waals surface area contributed by atoms with Crippen LogP contribution in [0.25, 0.3) is 22.2 Å². The van der Waals surface area contributed by atoms with Gasteiger partial charge in [0.2, 0.25) is 0 Å². The molecule has 1 aliphatic heterocycles. The third-order valence-electron chi connectivity index (χ3n) is 6.07. The monoisotopic (exact) mass is 393 g/mol. The van der Waals surface area contributed by atoms with Gasteiger partial charge in [-0.05, 0) is 61.7 Å². The molecule has 2 aromatic heterocycles. The van der Waals surface area contributed by atoms with E-state index in [-0.39, 0.29) is 5.92 Å². The van der Waals surface area contributed by atoms with Gasteiger partial charge in [-0.3, -0.25) is 5.10 Å². The predicted octanol–water partition coefficient (Wildman–Crippen LogP) is 4.55. The number of nitriles is 1. The third-order valence-corrected chi connectivity index (χ3v) is 6.07. The molecule has 148 valence electrons. The second kappa shape index (κ2) is 7.74. The fourth-order valence-electron chi connectivity index (χ4n) is 4.47. The molecule has 1 saturated heterocycles. The van der Waals surface area contributed by atoms with Crippen molar-refractivity contribution in [1.29, 1.82) is 5.26 Å². The van der Waals surface area contributed by atoms with Gasteiger partial charge in [0.25, 0.3) is 0 Å². The first kappa shape index (κ1) is 18.5. The number of aromatic amines is 1. The largest absolute Gasteiger partial charge is 0.316 e. The standard InChI is InChI=1S/C25H23N5/c1-16-2-6-19(7-3-16)24(20-10-11-27-14-20)25-21(12-22-23(29-25)15-28-30-22)18-8-4-17(13-26)5-9-18/h2-9,12,15,20,24,27H,10-11,14H2,1H3,(H,28,30). The zero-order valence-electron chi connectivity index (χ0n) is 16.9. The number of rotatable bonds is 4. The van der Waals surface area contributed by atoms with Crippen molar-refractivity contribution in [2.45, 2.75) is 19.3 Å². The van der Waals surface area contributed by atoms with Gasteiger partial charge >= 0.3 is 0 Å². The molecular weight excluding hydrogens is 370 g/mol. The fraction of sp³-hybridized carbons (Fsp3) is 0.240. The average molecular weight is 393 g/mol. The van der Waals surface area contributed by atoms with Crippen molar-refractivity contribution in [3.63, 3.8) is 0 Å². The summed E-state index contributed by atoms with van der Waals surface area (Å²) in [5.41, 5.74) is 8.15. The van der Waals surface area contributed by atoms with Crippen LogP contribution in [0.15, 0.2) is 60.8 Å². The third kappa shape index (κ3) is 3.36. The Hall–Kier alpha value is -3.49. The van der Waals surface area contributed by atoms with Crippen molar-refractivity contribution in [2.75, 3.05) is 13.1 Å². The Balaban J connectivity index is 1.72. The summed E-state index contributed by atoms with van der Waals surface area (Å²) >= 11 is 0. The molecule has 3 heterocycles. The number of aryl methyl sites for hydroxylation is 1. The van der Waals surface area contributed by atoms with Gasteiger partial charge in [-0.15, -0.1) is 0 Å². The van der Waals surface area contributed by atoms with Crippen LogP contribution in [0.1, 0.15) is 34.7 Å². The molecule has 5 rings (SSSR count). The van der Waals surface area contributed by atoms with Gasteiger partial charge in [-0.25, -0.2) is 4.98 Å². The molecule has 0 bridgehead atoms. The molecule has 0 spiro atoms. The molecule has 1 aliphatic rings. The van der Waals surface area contributed by atoms with Crippen LogP contribution in [-0.4, -0.2) is 28.3 Å². The van der Waals surface area contributed by atoms with Gasteiger partial charge in [-0.2, -0.15) is 10.4 Å². The molecule has 2 N–H and O–H groups in total. The van der Waals surface area contributed by atoms with E-state index in [9.17, 15) is 5.26 Å². The van der Waals surface area contributed by atoms with Crippen molar-refractivity contribution < 1.29 is 0 Å². The van der Waals surface area contributed by atoms with Gasteiger partial charge < -0.3 is 5.32 Å². The summed E-state index contributed by atoms with van der Waals surface area (Å²) in [7, 11) is 0. The summed E-state index contributed by atoms with van der Waals surface area (Å²) in [5.74, 6) is 0.659. The van der Waals surface area contributed by atoms with Crippen LogP contribution in [-0.2, 0) is 0 Å². The molecular formula is C25H23N5. The minimum absolute atomic E-state index is 0.186. The number of H-pyrrole nitrogens is 1. The Morgan fingerprint density at radius 3 is 2.57 bits per heavy atom. The van der Waals surface area contributed by atoms with Crippen LogP contribution in [0.2, 0.25) is 0 Å². The molecule has 0 radical (unpaired) electrons. The fourth-order valence-corrected chi connectivity index (χ4v) is 4.47. The Morgan fingerprint density at radius 1 is 1.07 bits per heavy atom. The summed E-state index contributed by atoms with van der Waals surface area (Å²) in [4.78, 5) is 5.11. The zero-order chi connectivity index (χ0) is 20.5. The lowest BCUT2D eigenvalue weighted by Crippen LogP contribution is -2.19. The lowest BCUT2D eigenvalue weighted by atomic mass is 9.79. The van der Waals surface area contributed by atoms with E-state index in [1.54, 1.807) is 0 Å². The number of hydrogen-bond acceptors (Lipinski definition) is 4. The maximum absolute atomic E-state index is 9.19. The first-order valence-corrected chi connectivity index (χ1v) is 10.3. The summed E-state index contributed by atoms with van der Waals surface area (Å²) in [6.45, 7) is 4.14. The zero-order valence-corrected chi connectivity index (χ0v) is 16.9. The first-order valence-electron chi connectivity index (χ1n) is 10.3. The molecule has 5 heteroatoms. The average Bonchev–Trinajstić information content (AvgIpc) is 3.47. The number of aromatic nitrogens is 3. The van der Waals surface area contributed by atoms with E-state index in [1.165, 1.54) is 11.1 Å². The normalized spacial score (nSPS) is 17.1. The highest BCUT2D eigenvalue weighted by Gasteiger charge is 2.31. The van der Waals surface area contributed by atoms with Gasteiger partial charge in [0.1, 0.15) is 11.0 Å². The molecule has 0 aliphatic carbocycles. The molecule has 0 saturated carbocycles. The Kier molecular flexibility index (Phi) is 4.78. The Morgan fingerprint density at radius 2 is 1.87 bits per heavy atom. The minimum Gasteiger partial charge on any atom is -0.316 e.